The van der Waals surface area contributed by atoms with Gasteiger partial charge in [-0.1, -0.05) is 25.4 Å². The largest absolute Gasteiger partial charge is 0.330 e. The zero-order valence-corrected chi connectivity index (χ0v) is 12.0. The zero-order chi connectivity index (χ0) is 14.4. The van der Waals surface area contributed by atoms with E-state index in [-0.39, 0.29) is 16.8 Å². The molecule has 0 aliphatic carbocycles. The van der Waals surface area contributed by atoms with Crippen LogP contribution in [0.4, 0.5) is 10.1 Å². The number of nitrogens with one attached hydrogen (secondary N) is 1. The van der Waals surface area contributed by atoms with Crippen LogP contribution in [0.25, 0.3) is 0 Å². The van der Waals surface area contributed by atoms with E-state index in [0.717, 1.165) is 6.42 Å². The summed E-state index contributed by atoms with van der Waals surface area (Å²) in [6.07, 6.45) is 1.25. The van der Waals surface area contributed by atoms with E-state index in [9.17, 15) is 9.18 Å². The van der Waals surface area contributed by atoms with Crippen molar-refractivity contribution in [2.24, 2.45) is 17.6 Å². The number of halogens is 2. The summed E-state index contributed by atoms with van der Waals surface area (Å²) in [6.45, 7) is 4.66. The second-order valence-corrected chi connectivity index (χ2v) is 5.52. The first-order chi connectivity index (χ1) is 8.92. The molecule has 0 aliphatic heterocycles. The maximum absolute atomic E-state index is 13.2. The van der Waals surface area contributed by atoms with Crippen molar-refractivity contribution < 1.29 is 9.18 Å². The van der Waals surface area contributed by atoms with Gasteiger partial charge in [0, 0.05) is 12.1 Å². The molecule has 1 rings (SSSR count). The number of nitrogens with two attached hydrogens (primary N) is 1. The number of carbonyl (C=O) groups excluding carboxylic acids is 1. The van der Waals surface area contributed by atoms with Crippen molar-refractivity contribution in [3.8, 4) is 0 Å². The van der Waals surface area contributed by atoms with Gasteiger partial charge in [0.05, 0.1) is 5.02 Å². The lowest BCUT2D eigenvalue weighted by atomic mass is 9.94. The van der Waals surface area contributed by atoms with Crippen LogP contribution in [0.1, 0.15) is 26.7 Å². The average Bonchev–Trinajstić information content (AvgIpc) is 2.32. The number of amides is 1. The predicted octanol–water partition coefficient (Wildman–Crippen LogP) is 3.43. The Morgan fingerprint density at radius 2 is 2.16 bits per heavy atom. The predicted molar refractivity (Wildman–Crippen MR) is 76.7 cm³/mol. The first-order valence-corrected chi connectivity index (χ1v) is 6.75. The summed E-state index contributed by atoms with van der Waals surface area (Å²) in [7, 11) is 0. The van der Waals surface area contributed by atoms with Gasteiger partial charge in [0.15, 0.2) is 0 Å². The van der Waals surface area contributed by atoms with Gasteiger partial charge in [-0.05, 0) is 43.0 Å². The van der Waals surface area contributed by atoms with Crippen LogP contribution < -0.4 is 11.1 Å². The van der Waals surface area contributed by atoms with Gasteiger partial charge in [-0.25, -0.2) is 4.39 Å². The van der Waals surface area contributed by atoms with Gasteiger partial charge in [0.25, 0.3) is 0 Å². The molecule has 1 atom stereocenters. The molecule has 0 heterocycles. The lowest BCUT2D eigenvalue weighted by molar-refractivity contribution is -0.117. The molecule has 0 aromatic heterocycles. The molecule has 106 valence electrons. The Balaban J connectivity index is 2.56. The van der Waals surface area contributed by atoms with Crippen molar-refractivity contribution in [1.82, 2.24) is 0 Å². The van der Waals surface area contributed by atoms with Gasteiger partial charge in [0.2, 0.25) is 5.91 Å². The molecule has 5 heteroatoms. The van der Waals surface area contributed by atoms with Crippen molar-refractivity contribution in [2.75, 3.05) is 11.9 Å². The van der Waals surface area contributed by atoms with E-state index in [2.05, 4.69) is 19.2 Å². The Morgan fingerprint density at radius 3 is 2.68 bits per heavy atom. The summed E-state index contributed by atoms with van der Waals surface area (Å²) in [5.41, 5.74) is 6.06. The molecular formula is C14H20ClFN2O. The summed E-state index contributed by atoms with van der Waals surface area (Å²) < 4.78 is 13.2. The van der Waals surface area contributed by atoms with Crippen LogP contribution >= 0.6 is 11.6 Å². The van der Waals surface area contributed by atoms with Gasteiger partial charge in [-0.15, -0.1) is 0 Å². The zero-order valence-electron chi connectivity index (χ0n) is 11.2. The molecule has 1 unspecified atom stereocenters. The van der Waals surface area contributed by atoms with Crippen LogP contribution in [-0.4, -0.2) is 12.5 Å². The van der Waals surface area contributed by atoms with E-state index in [1.54, 1.807) is 6.07 Å². The first kappa shape index (κ1) is 15.9. The van der Waals surface area contributed by atoms with Crippen molar-refractivity contribution >= 4 is 23.2 Å². The van der Waals surface area contributed by atoms with E-state index in [1.807, 2.05) is 0 Å². The molecule has 1 aromatic rings. The number of benzene rings is 1. The van der Waals surface area contributed by atoms with Crippen LogP contribution in [0.5, 0.6) is 0 Å². The summed E-state index contributed by atoms with van der Waals surface area (Å²) in [5.74, 6) is -0.0543. The Bertz CT molecular complexity index is 437. The molecule has 1 aromatic carbocycles. The SMILES string of the molecule is CC(C)CC(CN)CC(=O)Nc1ccc(Cl)c(F)c1. The van der Waals surface area contributed by atoms with Gasteiger partial charge >= 0.3 is 0 Å². The van der Waals surface area contributed by atoms with Crippen LogP contribution in [0.15, 0.2) is 18.2 Å². The summed E-state index contributed by atoms with van der Waals surface area (Å²) in [6, 6.07) is 4.20. The number of hydrogen-bond donors (Lipinski definition) is 2. The molecule has 0 fully saturated rings. The van der Waals surface area contributed by atoms with E-state index in [1.165, 1.54) is 12.1 Å². The van der Waals surface area contributed by atoms with Crippen molar-refractivity contribution in [3.05, 3.63) is 29.0 Å². The Labute approximate surface area is 118 Å². The van der Waals surface area contributed by atoms with Gasteiger partial charge < -0.3 is 11.1 Å². The Morgan fingerprint density at radius 1 is 1.47 bits per heavy atom. The average molecular weight is 287 g/mol. The fourth-order valence-corrected chi connectivity index (χ4v) is 2.10. The normalized spacial score (nSPS) is 12.5. The number of hydrogen-bond acceptors (Lipinski definition) is 2. The second-order valence-electron chi connectivity index (χ2n) is 5.11. The highest BCUT2D eigenvalue weighted by Gasteiger charge is 2.14. The minimum Gasteiger partial charge on any atom is -0.330 e. The monoisotopic (exact) mass is 286 g/mol. The van der Waals surface area contributed by atoms with E-state index in [4.69, 9.17) is 17.3 Å². The molecule has 1 amide bonds. The van der Waals surface area contributed by atoms with Crippen LogP contribution in [0.3, 0.4) is 0 Å². The smallest absolute Gasteiger partial charge is 0.224 e. The van der Waals surface area contributed by atoms with Crippen LogP contribution in [0.2, 0.25) is 5.02 Å². The van der Waals surface area contributed by atoms with Crippen molar-refractivity contribution in [3.63, 3.8) is 0 Å². The molecule has 0 aliphatic rings. The second kappa shape index (κ2) is 7.46. The third-order valence-corrected chi connectivity index (χ3v) is 3.12. The molecule has 0 saturated carbocycles. The van der Waals surface area contributed by atoms with Crippen LogP contribution in [0, 0.1) is 17.7 Å². The summed E-state index contributed by atoms with van der Waals surface area (Å²) in [5, 5.41) is 2.69. The van der Waals surface area contributed by atoms with Crippen molar-refractivity contribution in [2.45, 2.75) is 26.7 Å². The van der Waals surface area contributed by atoms with E-state index < -0.39 is 5.82 Å². The lowest BCUT2D eigenvalue weighted by Gasteiger charge is -2.16. The molecule has 3 nitrogen and oxygen atoms in total. The van der Waals surface area contributed by atoms with Crippen LogP contribution in [-0.2, 0) is 4.79 Å². The standard InChI is InChI=1S/C14H20ClFN2O/c1-9(2)5-10(8-17)6-14(19)18-11-3-4-12(15)13(16)7-11/h3-4,7,9-10H,5-6,8,17H2,1-2H3,(H,18,19). The summed E-state index contributed by atoms with van der Waals surface area (Å²) in [4.78, 5) is 11.8. The quantitative estimate of drug-likeness (QED) is 0.842. The number of carbonyl (C=O) groups is 1. The fourth-order valence-electron chi connectivity index (χ4n) is 1.98. The Kier molecular flexibility index (Phi) is 6.25. The highest BCUT2D eigenvalue weighted by Crippen LogP contribution is 2.20. The van der Waals surface area contributed by atoms with Gasteiger partial charge in [-0.3, -0.25) is 4.79 Å². The topological polar surface area (TPSA) is 55.1 Å². The maximum Gasteiger partial charge on any atom is 0.224 e. The molecule has 19 heavy (non-hydrogen) atoms. The molecule has 3 N–H and O–H groups in total. The maximum atomic E-state index is 13.2. The minimum absolute atomic E-state index is 0.0395. The molecule has 0 radical (unpaired) electrons. The highest BCUT2D eigenvalue weighted by molar-refractivity contribution is 6.30. The number of anilines is 1. The van der Waals surface area contributed by atoms with Gasteiger partial charge in [-0.2, -0.15) is 0 Å². The number of rotatable bonds is 6. The fraction of sp³-hybridized carbons (Fsp3) is 0.500. The third-order valence-electron chi connectivity index (χ3n) is 2.82. The molecular weight excluding hydrogens is 267 g/mol. The molecule has 0 bridgehead atoms. The molecule has 0 saturated heterocycles. The van der Waals surface area contributed by atoms with E-state index >= 15 is 0 Å². The van der Waals surface area contributed by atoms with E-state index in [0.29, 0.717) is 24.6 Å². The summed E-state index contributed by atoms with van der Waals surface area (Å²) >= 11 is 5.58. The van der Waals surface area contributed by atoms with Gasteiger partial charge in [0.1, 0.15) is 5.82 Å². The first-order valence-electron chi connectivity index (χ1n) is 6.37. The minimum atomic E-state index is -0.544. The Hall–Kier alpha value is -1.13. The highest BCUT2D eigenvalue weighted by atomic mass is 35.5. The third kappa shape index (κ3) is 5.57. The molecule has 0 spiro atoms. The lowest BCUT2D eigenvalue weighted by Crippen LogP contribution is -2.23. The van der Waals surface area contributed by atoms with Crippen molar-refractivity contribution in [1.29, 1.82) is 0 Å².